The standard InChI is InChI=1S/C17H20INO2S/c1-3-14(19-21-2)16-13(10-4-6-11(18)7-5-10)8-12-9-15(20)17(16)22-12/h4-7,12,15,17,20H,3,8-9H2,1-2H3. The predicted molar refractivity (Wildman–Crippen MR) is 101 cm³/mol. The zero-order valence-corrected chi connectivity index (χ0v) is 15.7. The van der Waals surface area contributed by atoms with E-state index >= 15 is 0 Å². The quantitative estimate of drug-likeness (QED) is 0.445. The van der Waals surface area contributed by atoms with Crippen molar-refractivity contribution in [3.63, 3.8) is 0 Å². The molecule has 118 valence electrons. The van der Waals surface area contributed by atoms with Gasteiger partial charge in [0, 0.05) is 8.82 Å². The number of oxime groups is 1. The highest BCUT2D eigenvalue weighted by atomic mass is 127. The second kappa shape index (κ2) is 6.93. The minimum atomic E-state index is -0.278. The predicted octanol–water partition coefficient (Wildman–Crippen LogP) is 4.10. The van der Waals surface area contributed by atoms with Crippen LogP contribution in [-0.4, -0.2) is 34.5 Å². The highest BCUT2D eigenvalue weighted by Crippen LogP contribution is 2.50. The number of thioether (sulfide) groups is 1. The molecule has 1 N–H and O–H groups in total. The van der Waals surface area contributed by atoms with Gasteiger partial charge < -0.3 is 9.94 Å². The van der Waals surface area contributed by atoms with Gasteiger partial charge in [0.25, 0.3) is 0 Å². The van der Waals surface area contributed by atoms with Gasteiger partial charge in [0.15, 0.2) is 0 Å². The zero-order chi connectivity index (χ0) is 15.7. The first-order valence-electron chi connectivity index (χ1n) is 7.57. The van der Waals surface area contributed by atoms with Gasteiger partial charge >= 0.3 is 0 Å². The fourth-order valence-corrected chi connectivity index (χ4v) is 5.38. The van der Waals surface area contributed by atoms with Gasteiger partial charge in [0.1, 0.15) is 7.11 Å². The Kier molecular flexibility index (Phi) is 5.14. The Balaban J connectivity index is 2.12. The summed E-state index contributed by atoms with van der Waals surface area (Å²) < 4.78 is 1.23. The minimum absolute atomic E-state index is 0.127. The molecule has 3 unspecified atom stereocenters. The maximum absolute atomic E-state index is 10.4. The molecule has 0 saturated carbocycles. The largest absolute Gasteiger partial charge is 0.399 e. The molecular formula is C17H20INO2S. The summed E-state index contributed by atoms with van der Waals surface area (Å²) >= 11 is 4.22. The molecule has 0 radical (unpaired) electrons. The molecule has 2 heterocycles. The van der Waals surface area contributed by atoms with Crippen LogP contribution in [-0.2, 0) is 4.84 Å². The fourth-order valence-electron chi connectivity index (χ4n) is 3.32. The second-order valence-electron chi connectivity index (χ2n) is 5.66. The lowest BCUT2D eigenvalue weighted by Gasteiger charge is -2.27. The lowest BCUT2D eigenvalue weighted by atomic mass is 9.91. The summed E-state index contributed by atoms with van der Waals surface area (Å²) in [5.41, 5.74) is 4.74. The summed E-state index contributed by atoms with van der Waals surface area (Å²) in [5.74, 6) is 0. The number of fused-ring (bicyclic) bond motifs is 2. The van der Waals surface area contributed by atoms with Gasteiger partial charge in [-0.1, -0.05) is 24.2 Å². The molecule has 3 nitrogen and oxygen atoms in total. The van der Waals surface area contributed by atoms with E-state index in [4.69, 9.17) is 4.84 Å². The number of hydrogen-bond acceptors (Lipinski definition) is 4. The first-order valence-corrected chi connectivity index (χ1v) is 9.59. The number of aliphatic hydroxyl groups is 1. The van der Waals surface area contributed by atoms with Gasteiger partial charge in [0.2, 0.25) is 0 Å². The first-order chi connectivity index (χ1) is 10.6. The van der Waals surface area contributed by atoms with E-state index in [9.17, 15) is 5.11 Å². The molecule has 5 heteroatoms. The van der Waals surface area contributed by atoms with Gasteiger partial charge in [-0.15, -0.1) is 11.8 Å². The molecule has 1 aromatic carbocycles. The van der Waals surface area contributed by atoms with Crippen molar-refractivity contribution >= 4 is 45.6 Å². The van der Waals surface area contributed by atoms with E-state index < -0.39 is 0 Å². The molecule has 1 fully saturated rings. The third kappa shape index (κ3) is 3.08. The van der Waals surface area contributed by atoms with Crippen LogP contribution in [0.2, 0.25) is 0 Å². The lowest BCUT2D eigenvalue weighted by molar-refractivity contribution is 0.181. The number of rotatable bonds is 4. The average molecular weight is 429 g/mol. The maximum Gasteiger partial charge on any atom is 0.106 e. The van der Waals surface area contributed by atoms with Crippen LogP contribution in [0.15, 0.2) is 35.0 Å². The van der Waals surface area contributed by atoms with Crippen molar-refractivity contribution in [2.45, 2.75) is 42.8 Å². The third-order valence-corrected chi connectivity index (χ3v) is 6.58. The van der Waals surface area contributed by atoms with Crippen LogP contribution in [0.25, 0.3) is 5.57 Å². The molecule has 3 rings (SSSR count). The molecule has 22 heavy (non-hydrogen) atoms. The first kappa shape index (κ1) is 16.3. The van der Waals surface area contributed by atoms with Gasteiger partial charge in [-0.2, -0.15) is 0 Å². The zero-order valence-electron chi connectivity index (χ0n) is 12.8. The van der Waals surface area contributed by atoms with Gasteiger partial charge in [-0.3, -0.25) is 0 Å². The monoisotopic (exact) mass is 429 g/mol. The number of nitrogens with zero attached hydrogens (tertiary/aromatic N) is 1. The summed E-state index contributed by atoms with van der Waals surface area (Å²) in [6, 6.07) is 8.64. The molecule has 0 aliphatic carbocycles. The van der Waals surface area contributed by atoms with Crippen molar-refractivity contribution in [2.24, 2.45) is 5.16 Å². The normalized spacial score (nSPS) is 28.2. The van der Waals surface area contributed by atoms with E-state index in [-0.39, 0.29) is 11.4 Å². The van der Waals surface area contributed by atoms with Crippen LogP contribution < -0.4 is 0 Å². The van der Waals surface area contributed by atoms with E-state index in [1.807, 2.05) is 11.8 Å². The van der Waals surface area contributed by atoms with Crippen molar-refractivity contribution in [3.8, 4) is 0 Å². The van der Waals surface area contributed by atoms with Crippen LogP contribution in [0.5, 0.6) is 0 Å². The van der Waals surface area contributed by atoms with Crippen LogP contribution in [0, 0.1) is 3.57 Å². The number of hydrogen-bond donors (Lipinski definition) is 1. The molecule has 0 aromatic heterocycles. The Morgan fingerprint density at radius 3 is 2.77 bits per heavy atom. The summed E-state index contributed by atoms with van der Waals surface area (Å²) in [7, 11) is 1.59. The Morgan fingerprint density at radius 1 is 1.41 bits per heavy atom. The van der Waals surface area contributed by atoms with Crippen molar-refractivity contribution in [1.29, 1.82) is 0 Å². The number of aliphatic hydroxyl groups excluding tert-OH is 1. The molecule has 2 bridgehead atoms. The highest BCUT2D eigenvalue weighted by Gasteiger charge is 2.43. The van der Waals surface area contributed by atoms with E-state index in [2.05, 4.69) is 58.9 Å². The Labute approximate surface area is 149 Å². The van der Waals surface area contributed by atoms with Crippen molar-refractivity contribution in [3.05, 3.63) is 39.0 Å². The van der Waals surface area contributed by atoms with Crippen LogP contribution in [0.1, 0.15) is 31.7 Å². The summed E-state index contributed by atoms with van der Waals surface area (Å²) in [6.45, 7) is 2.09. The molecule has 0 spiro atoms. The van der Waals surface area contributed by atoms with Crippen molar-refractivity contribution < 1.29 is 9.94 Å². The Morgan fingerprint density at radius 2 is 2.14 bits per heavy atom. The van der Waals surface area contributed by atoms with Crippen LogP contribution >= 0.6 is 34.4 Å². The molecular weight excluding hydrogens is 409 g/mol. The SMILES string of the molecule is CCC(=NOC)C1=C(c2ccc(I)cc2)CC2CC(O)C1S2. The number of allylic oxidation sites excluding steroid dienone is 1. The minimum Gasteiger partial charge on any atom is -0.399 e. The van der Waals surface area contributed by atoms with E-state index in [1.54, 1.807) is 7.11 Å². The smallest absolute Gasteiger partial charge is 0.106 e. The topological polar surface area (TPSA) is 41.8 Å². The summed E-state index contributed by atoms with van der Waals surface area (Å²) in [6.07, 6.45) is 2.40. The summed E-state index contributed by atoms with van der Waals surface area (Å²) in [4.78, 5) is 5.05. The molecule has 1 saturated heterocycles. The van der Waals surface area contributed by atoms with Crippen molar-refractivity contribution in [2.75, 3.05) is 7.11 Å². The molecule has 2 aliphatic rings. The number of halogens is 1. The maximum atomic E-state index is 10.4. The summed E-state index contributed by atoms with van der Waals surface area (Å²) in [5, 5.41) is 15.3. The van der Waals surface area contributed by atoms with Gasteiger partial charge in [-0.25, -0.2) is 0 Å². The van der Waals surface area contributed by atoms with E-state index in [0.717, 1.165) is 25.0 Å². The third-order valence-electron chi connectivity index (χ3n) is 4.27. The molecule has 3 atom stereocenters. The second-order valence-corrected chi connectivity index (χ2v) is 8.35. The molecule has 2 aliphatic heterocycles. The lowest BCUT2D eigenvalue weighted by Crippen LogP contribution is -2.26. The Hall–Kier alpha value is -0.530. The van der Waals surface area contributed by atoms with Crippen LogP contribution in [0.3, 0.4) is 0 Å². The molecule has 1 aromatic rings. The number of benzene rings is 1. The van der Waals surface area contributed by atoms with E-state index in [0.29, 0.717) is 5.25 Å². The van der Waals surface area contributed by atoms with Crippen LogP contribution in [0.4, 0.5) is 0 Å². The molecule has 0 amide bonds. The van der Waals surface area contributed by atoms with Gasteiger partial charge in [-0.05, 0) is 70.7 Å². The fraction of sp³-hybridized carbons (Fsp3) is 0.471. The van der Waals surface area contributed by atoms with Gasteiger partial charge in [0.05, 0.1) is 17.1 Å². The van der Waals surface area contributed by atoms with E-state index in [1.165, 1.54) is 20.3 Å². The van der Waals surface area contributed by atoms with Crippen molar-refractivity contribution in [1.82, 2.24) is 0 Å². The average Bonchev–Trinajstić information content (AvgIpc) is 2.81. The Bertz CT molecular complexity index is 612. The highest BCUT2D eigenvalue weighted by molar-refractivity contribution is 14.1.